The molecule has 0 heterocycles. The molecule has 0 radical (unpaired) electrons. The van der Waals surface area contributed by atoms with Gasteiger partial charge in [0.1, 0.15) is 0 Å². The number of hydrogen-bond acceptors (Lipinski definition) is 2. The topological polar surface area (TPSA) is 52.6 Å². The predicted octanol–water partition coefficient (Wildman–Crippen LogP) is 3.85. The van der Waals surface area contributed by atoms with E-state index in [2.05, 4.69) is 11.4 Å². The van der Waals surface area contributed by atoms with E-state index in [4.69, 9.17) is 0 Å². The van der Waals surface area contributed by atoms with E-state index in [1.54, 1.807) is 0 Å². The maximum absolute atomic E-state index is 12.5. The second kappa shape index (κ2) is 7.01. The Morgan fingerprint density at radius 3 is 2.52 bits per heavy atom. The molecule has 2 N–H and O–H groups in total. The van der Waals surface area contributed by atoms with Crippen molar-refractivity contribution in [3.8, 4) is 0 Å². The molecule has 2 amide bonds. The molecule has 1 fully saturated rings. The number of amides is 2. The minimum atomic E-state index is -0.0623. The second-order valence-electron chi connectivity index (χ2n) is 6.46. The van der Waals surface area contributed by atoms with Crippen molar-refractivity contribution in [2.45, 2.75) is 31.7 Å². The van der Waals surface area contributed by atoms with Crippen LogP contribution in [0.15, 0.2) is 42.5 Å². The highest BCUT2D eigenvalue weighted by atomic mass is 16.3. The molecule has 2 aromatic rings. The third-order valence-electron chi connectivity index (χ3n) is 4.94. The molecule has 0 atom stereocenters. The van der Waals surface area contributed by atoms with E-state index in [1.165, 1.54) is 5.39 Å². The zero-order valence-corrected chi connectivity index (χ0v) is 13.5. The monoisotopic (exact) mass is 312 g/mol. The van der Waals surface area contributed by atoms with Gasteiger partial charge in [0.05, 0.1) is 0 Å². The van der Waals surface area contributed by atoms with Crippen LogP contribution in [0.3, 0.4) is 0 Å². The highest BCUT2D eigenvalue weighted by Gasteiger charge is 2.26. The quantitative estimate of drug-likeness (QED) is 0.904. The van der Waals surface area contributed by atoms with Crippen molar-refractivity contribution < 1.29 is 9.90 Å². The molecule has 2 aromatic carbocycles. The van der Waals surface area contributed by atoms with Crippen molar-refractivity contribution in [1.29, 1.82) is 0 Å². The van der Waals surface area contributed by atoms with E-state index in [0.717, 1.165) is 36.8 Å². The van der Waals surface area contributed by atoms with Gasteiger partial charge in [-0.3, -0.25) is 0 Å². The molecule has 4 nitrogen and oxygen atoms in total. The number of carbonyl (C=O) groups excluding carboxylic acids is 1. The summed E-state index contributed by atoms with van der Waals surface area (Å²) in [6.07, 6.45) is 3.92. The van der Waals surface area contributed by atoms with Gasteiger partial charge in [-0.25, -0.2) is 4.79 Å². The van der Waals surface area contributed by atoms with Gasteiger partial charge in [0.25, 0.3) is 0 Å². The lowest BCUT2D eigenvalue weighted by molar-refractivity contribution is 0.139. The molecule has 4 heteroatoms. The predicted molar refractivity (Wildman–Crippen MR) is 93.6 cm³/mol. The summed E-state index contributed by atoms with van der Waals surface area (Å²) in [7, 11) is 1.86. The van der Waals surface area contributed by atoms with Crippen molar-refractivity contribution in [1.82, 2.24) is 4.90 Å². The molecule has 0 unspecified atom stereocenters. The number of hydrogen-bond donors (Lipinski definition) is 2. The lowest BCUT2D eigenvalue weighted by Gasteiger charge is -2.34. The maximum atomic E-state index is 12.5. The minimum Gasteiger partial charge on any atom is -0.396 e. The van der Waals surface area contributed by atoms with Gasteiger partial charge in [0, 0.05) is 25.4 Å². The van der Waals surface area contributed by atoms with Gasteiger partial charge in [-0.1, -0.05) is 30.3 Å². The Balaban J connectivity index is 1.63. The molecule has 1 aliphatic carbocycles. The Bertz CT molecular complexity index is 678. The molecule has 0 aromatic heterocycles. The molecule has 23 heavy (non-hydrogen) atoms. The largest absolute Gasteiger partial charge is 0.396 e. The Morgan fingerprint density at radius 1 is 1.13 bits per heavy atom. The summed E-state index contributed by atoms with van der Waals surface area (Å²) < 4.78 is 0. The molecule has 1 aliphatic rings. The number of benzene rings is 2. The van der Waals surface area contributed by atoms with Crippen LogP contribution in [0.5, 0.6) is 0 Å². The average molecular weight is 312 g/mol. The molecule has 3 rings (SSSR count). The number of aliphatic hydroxyl groups is 1. The number of nitrogens with one attached hydrogen (secondary N) is 1. The van der Waals surface area contributed by atoms with Gasteiger partial charge in [-0.15, -0.1) is 0 Å². The highest BCUT2D eigenvalue weighted by molar-refractivity contribution is 5.93. The Hall–Kier alpha value is -2.07. The summed E-state index contributed by atoms with van der Waals surface area (Å²) >= 11 is 0. The van der Waals surface area contributed by atoms with Crippen LogP contribution in [0.1, 0.15) is 25.7 Å². The molecule has 0 aliphatic heterocycles. The summed E-state index contributed by atoms with van der Waals surface area (Å²) in [5.41, 5.74) is 0.824. The van der Waals surface area contributed by atoms with E-state index in [-0.39, 0.29) is 18.7 Å². The fourth-order valence-corrected chi connectivity index (χ4v) is 3.36. The molecule has 0 saturated heterocycles. The first-order chi connectivity index (χ1) is 11.2. The maximum Gasteiger partial charge on any atom is 0.321 e. The van der Waals surface area contributed by atoms with E-state index >= 15 is 0 Å². The van der Waals surface area contributed by atoms with Gasteiger partial charge < -0.3 is 15.3 Å². The van der Waals surface area contributed by atoms with Gasteiger partial charge in [0.2, 0.25) is 0 Å². The number of nitrogens with zero attached hydrogens (tertiary/aromatic N) is 1. The number of anilines is 1. The van der Waals surface area contributed by atoms with Crippen LogP contribution in [-0.4, -0.2) is 35.7 Å². The first kappa shape index (κ1) is 15.8. The number of urea groups is 1. The third-order valence-corrected chi connectivity index (χ3v) is 4.94. The fourth-order valence-electron chi connectivity index (χ4n) is 3.36. The van der Waals surface area contributed by atoms with E-state index in [0.29, 0.717) is 5.92 Å². The molecular formula is C19H24N2O2. The van der Waals surface area contributed by atoms with Gasteiger partial charge in [-0.2, -0.15) is 0 Å². The van der Waals surface area contributed by atoms with Crippen LogP contribution < -0.4 is 5.32 Å². The molecule has 1 saturated carbocycles. The van der Waals surface area contributed by atoms with Crippen molar-refractivity contribution in [2.24, 2.45) is 5.92 Å². The number of fused-ring (bicyclic) bond motifs is 1. The third kappa shape index (κ3) is 3.64. The molecule has 0 spiro atoms. The average Bonchev–Trinajstić information content (AvgIpc) is 2.61. The summed E-state index contributed by atoms with van der Waals surface area (Å²) in [5, 5.41) is 14.5. The summed E-state index contributed by atoms with van der Waals surface area (Å²) in [6.45, 7) is 0.264. The van der Waals surface area contributed by atoms with E-state index < -0.39 is 0 Å². The van der Waals surface area contributed by atoms with Gasteiger partial charge in [0.15, 0.2) is 0 Å². The van der Waals surface area contributed by atoms with Crippen LogP contribution in [0.25, 0.3) is 10.8 Å². The lowest BCUT2D eigenvalue weighted by Crippen LogP contribution is -2.42. The molecular weight excluding hydrogens is 288 g/mol. The van der Waals surface area contributed by atoms with Crippen LogP contribution >= 0.6 is 0 Å². The van der Waals surface area contributed by atoms with Crippen LogP contribution in [0.2, 0.25) is 0 Å². The standard InChI is InChI=1S/C19H24N2O2/c1-21(18-10-6-14(13-22)7-11-18)19(23)20-17-9-8-15-4-2-3-5-16(15)12-17/h2-5,8-9,12,14,18,22H,6-7,10-11,13H2,1H3,(H,20,23). The number of rotatable bonds is 3. The van der Waals surface area contributed by atoms with Crippen molar-refractivity contribution in [2.75, 3.05) is 19.0 Å². The number of carbonyl (C=O) groups is 1. The second-order valence-corrected chi connectivity index (χ2v) is 6.46. The first-order valence-electron chi connectivity index (χ1n) is 8.31. The number of aliphatic hydroxyl groups excluding tert-OH is 1. The van der Waals surface area contributed by atoms with Crippen LogP contribution in [0.4, 0.5) is 10.5 Å². The highest BCUT2D eigenvalue weighted by Crippen LogP contribution is 2.27. The van der Waals surface area contributed by atoms with Crippen molar-refractivity contribution in [3.05, 3.63) is 42.5 Å². The zero-order valence-electron chi connectivity index (χ0n) is 13.5. The first-order valence-corrected chi connectivity index (χ1v) is 8.31. The van der Waals surface area contributed by atoms with Gasteiger partial charge in [-0.05, 0) is 54.5 Å². The summed E-state index contributed by atoms with van der Waals surface area (Å²) in [4.78, 5) is 14.3. The lowest BCUT2D eigenvalue weighted by atomic mass is 9.86. The van der Waals surface area contributed by atoms with E-state index in [1.807, 2.05) is 48.3 Å². The molecule has 0 bridgehead atoms. The van der Waals surface area contributed by atoms with E-state index in [9.17, 15) is 9.90 Å². The van der Waals surface area contributed by atoms with Crippen molar-refractivity contribution in [3.63, 3.8) is 0 Å². The van der Waals surface area contributed by atoms with Crippen LogP contribution in [-0.2, 0) is 0 Å². The fraction of sp³-hybridized carbons (Fsp3) is 0.421. The molecule has 122 valence electrons. The summed E-state index contributed by atoms with van der Waals surface area (Å²) in [6, 6.07) is 14.3. The Labute approximate surface area is 137 Å². The minimum absolute atomic E-state index is 0.0623. The van der Waals surface area contributed by atoms with Gasteiger partial charge >= 0.3 is 6.03 Å². The Kier molecular flexibility index (Phi) is 4.82. The summed E-state index contributed by atoms with van der Waals surface area (Å²) in [5.74, 6) is 0.406. The normalized spacial score (nSPS) is 21.1. The smallest absolute Gasteiger partial charge is 0.321 e. The Morgan fingerprint density at radius 2 is 1.83 bits per heavy atom. The van der Waals surface area contributed by atoms with Crippen LogP contribution in [0, 0.1) is 5.92 Å². The van der Waals surface area contributed by atoms with Crippen molar-refractivity contribution >= 4 is 22.5 Å². The SMILES string of the molecule is CN(C(=O)Nc1ccc2ccccc2c1)C1CCC(CO)CC1. The zero-order chi connectivity index (χ0) is 16.2.